The predicted molar refractivity (Wildman–Crippen MR) is 93.0 cm³/mol. The number of fused-ring (bicyclic) bond motifs is 1. The maximum Gasteiger partial charge on any atom is 0.254 e. The molecule has 1 N–H and O–H groups in total. The second-order valence-corrected chi connectivity index (χ2v) is 6.78. The van der Waals surface area contributed by atoms with Gasteiger partial charge in [-0.15, -0.1) is 0 Å². The minimum absolute atomic E-state index is 0.0569. The van der Waals surface area contributed by atoms with Crippen LogP contribution in [0.4, 0.5) is 0 Å². The molecule has 126 valence electrons. The first-order valence-corrected chi connectivity index (χ1v) is 9.06. The molecule has 24 heavy (non-hydrogen) atoms. The zero-order chi connectivity index (χ0) is 16.9. The Hall–Kier alpha value is -2.15. The average Bonchev–Trinajstić information content (AvgIpc) is 2.97. The molecule has 3 rings (SSSR count). The minimum atomic E-state index is -0.130. The fraction of sp³-hybridized carbons (Fsp3) is 0.412. The van der Waals surface area contributed by atoms with Gasteiger partial charge in [0.1, 0.15) is 0 Å². The summed E-state index contributed by atoms with van der Waals surface area (Å²) < 4.78 is 1.66. The topological polar surface area (TPSA) is 76.9 Å². The van der Waals surface area contributed by atoms with Gasteiger partial charge in [-0.25, -0.2) is 4.98 Å². The van der Waals surface area contributed by atoms with Gasteiger partial charge >= 0.3 is 0 Å². The Morgan fingerprint density at radius 2 is 2.38 bits per heavy atom. The van der Waals surface area contributed by atoms with E-state index in [1.807, 2.05) is 12.1 Å². The summed E-state index contributed by atoms with van der Waals surface area (Å²) in [6.45, 7) is 2.51. The van der Waals surface area contributed by atoms with Crippen molar-refractivity contribution in [2.75, 3.05) is 5.75 Å². The Kier molecular flexibility index (Phi) is 5.30. The zero-order valence-corrected chi connectivity index (χ0v) is 14.4. The molecule has 1 atom stereocenters. The van der Waals surface area contributed by atoms with Crippen LogP contribution in [0, 0.1) is 0 Å². The van der Waals surface area contributed by atoms with Gasteiger partial charge in [0, 0.05) is 42.9 Å². The summed E-state index contributed by atoms with van der Waals surface area (Å²) in [6.07, 6.45) is 5.48. The van der Waals surface area contributed by atoms with Crippen LogP contribution in [0.25, 0.3) is 0 Å². The molecule has 7 heteroatoms. The van der Waals surface area contributed by atoms with Crippen molar-refractivity contribution in [2.45, 2.75) is 43.9 Å². The van der Waals surface area contributed by atoms with Gasteiger partial charge in [0.2, 0.25) is 5.91 Å². The number of hydrogen-bond acceptors (Lipinski definition) is 5. The lowest BCUT2D eigenvalue weighted by atomic mass is 10.2. The standard InChI is InChI=1S/C17H20N4O2S/c1-2-4-13-7-16(23)21-14(11-24-17(21)20-13)8-15(22)19-10-12-5-3-6-18-9-12/h3,5-7,9,14H,2,4,8,10-11H2,1H3,(H,19,22). The second kappa shape index (κ2) is 7.61. The highest BCUT2D eigenvalue weighted by Gasteiger charge is 2.27. The maximum absolute atomic E-state index is 12.3. The quantitative estimate of drug-likeness (QED) is 0.811. The predicted octanol–water partition coefficient (Wildman–Crippen LogP) is 1.94. The number of aromatic nitrogens is 3. The summed E-state index contributed by atoms with van der Waals surface area (Å²) in [5, 5.41) is 3.62. The Balaban J connectivity index is 1.64. The minimum Gasteiger partial charge on any atom is -0.352 e. The Bertz CT molecular complexity index is 776. The number of nitrogens with one attached hydrogen (secondary N) is 1. The number of thioether (sulfide) groups is 1. The molecular weight excluding hydrogens is 324 g/mol. The number of carbonyl (C=O) groups is 1. The van der Waals surface area contributed by atoms with Crippen molar-refractivity contribution >= 4 is 17.7 Å². The summed E-state index contributed by atoms with van der Waals surface area (Å²) in [5.74, 6) is 0.639. The third-order valence-corrected chi connectivity index (χ3v) is 4.98. The van der Waals surface area contributed by atoms with Gasteiger partial charge in [0.25, 0.3) is 5.56 Å². The molecule has 1 aliphatic heterocycles. The van der Waals surface area contributed by atoms with Crippen molar-refractivity contribution < 1.29 is 4.79 Å². The fourth-order valence-electron chi connectivity index (χ4n) is 2.72. The Morgan fingerprint density at radius 1 is 1.50 bits per heavy atom. The van der Waals surface area contributed by atoms with Gasteiger partial charge < -0.3 is 5.32 Å². The molecule has 2 aromatic rings. The number of nitrogens with zero attached hydrogens (tertiary/aromatic N) is 3. The van der Waals surface area contributed by atoms with Crippen LogP contribution in [-0.4, -0.2) is 26.2 Å². The molecule has 2 aromatic heterocycles. The molecule has 0 radical (unpaired) electrons. The lowest BCUT2D eigenvalue weighted by molar-refractivity contribution is -0.121. The van der Waals surface area contributed by atoms with E-state index in [0.717, 1.165) is 29.3 Å². The molecule has 0 aromatic carbocycles. The van der Waals surface area contributed by atoms with Gasteiger partial charge in [0.05, 0.1) is 6.04 Å². The maximum atomic E-state index is 12.3. The molecule has 6 nitrogen and oxygen atoms in total. The molecule has 0 saturated heterocycles. The molecule has 1 unspecified atom stereocenters. The summed E-state index contributed by atoms with van der Waals surface area (Å²) in [7, 11) is 0. The van der Waals surface area contributed by atoms with E-state index in [9.17, 15) is 9.59 Å². The van der Waals surface area contributed by atoms with E-state index in [-0.39, 0.29) is 23.9 Å². The third-order valence-electron chi connectivity index (χ3n) is 3.88. The summed E-state index contributed by atoms with van der Waals surface area (Å²) >= 11 is 1.55. The third kappa shape index (κ3) is 3.84. The lowest BCUT2D eigenvalue weighted by Gasteiger charge is -2.13. The lowest BCUT2D eigenvalue weighted by Crippen LogP contribution is -2.30. The number of rotatable bonds is 6. The van der Waals surface area contributed by atoms with Crippen molar-refractivity contribution in [1.29, 1.82) is 0 Å². The SMILES string of the molecule is CCCc1cc(=O)n2c(n1)SCC2CC(=O)NCc1cccnc1. The van der Waals surface area contributed by atoms with Crippen LogP contribution in [0.1, 0.15) is 37.1 Å². The number of amides is 1. The molecule has 0 saturated carbocycles. The number of hydrogen-bond donors (Lipinski definition) is 1. The number of aryl methyl sites for hydroxylation is 1. The van der Waals surface area contributed by atoms with Gasteiger partial charge in [-0.2, -0.15) is 0 Å². The van der Waals surface area contributed by atoms with Gasteiger partial charge in [-0.05, 0) is 18.1 Å². The largest absolute Gasteiger partial charge is 0.352 e. The van der Waals surface area contributed by atoms with E-state index >= 15 is 0 Å². The van der Waals surface area contributed by atoms with Crippen LogP contribution >= 0.6 is 11.8 Å². The first-order valence-electron chi connectivity index (χ1n) is 8.08. The van der Waals surface area contributed by atoms with Crippen molar-refractivity contribution in [3.05, 3.63) is 52.2 Å². The molecule has 0 bridgehead atoms. The summed E-state index contributed by atoms with van der Waals surface area (Å²) in [6, 6.07) is 5.22. The van der Waals surface area contributed by atoms with Crippen molar-refractivity contribution in [3.8, 4) is 0 Å². The smallest absolute Gasteiger partial charge is 0.254 e. The fourth-order valence-corrected chi connectivity index (χ4v) is 3.89. The first-order chi connectivity index (χ1) is 11.7. The number of carbonyl (C=O) groups excluding carboxylic acids is 1. The molecule has 1 amide bonds. The van der Waals surface area contributed by atoms with Crippen LogP contribution in [0.5, 0.6) is 0 Å². The first kappa shape index (κ1) is 16.7. The van der Waals surface area contributed by atoms with Crippen LogP contribution in [0.2, 0.25) is 0 Å². The molecule has 0 spiro atoms. The van der Waals surface area contributed by atoms with Crippen molar-refractivity contribution in [3.63, 3.8) is 0 Å². The van der Waals surface area contributed by atoms with Gasteiger partial charge in [-0.3, -0.25) is 19.1 Å². The van der Waals surface area contributed by atoms with E-state index in [0.29, 0.717) is 12.3 Å². The van der Waals surface area contributed by atoms with Crippen LogP contribution in [0.3, 0.4) is 0 Å². The molecule has 1 aliphatic rings. The highest BCUT2D eigenvalue weighted by atomic mass is 32.2. The van der Waals surface area contributed by atoms with Gasteiger partial charge in [0.15, 0.2) is 5.16 Å². The van der Waals surface area contributed by atoms with Crippen LogP contribution < -0.4 is 10.9 Å². The highest BCUT2D eigenvalue weighted by molar-refractivity contribution is 7.99. The monoisotopic (exact) mass is 344 g/mol. The van der Waals surface area contributed by atoms with E-state index in [1.54, 1.807) is 34.8 Å². The van der Waals surface area contributed by atoms with E-state index in [4.69, 9.17) is 0 Å². The zero-order valence-electron chi connectivity index (χ0n) is 13.6. The molecule has 0 aliphatic carbocycles. The molecule has 0 fully saturated rings. The van der Waals surface area contributed by atoms with Crippen LogP contribution in [-0.2, 0) is 17.8 Å². The van der Waals surface area contributed by atoms with E-state index in [2.05, 4.69) is 22.2 Å². The van der Waals surface area contributed by atoms with Crippen LogP contribution in [0.15, 0.2) is 40.5 Å². The Labute approximate surface area is 144 Å². The van der Waals surface area contributed by atoms with Crippen molar-refractivity contribution in [2.24, 2.45) is 0 Å². The van der Waals surface area contributed by atoms with Crippen molar-refractivity contribution in [1.82, 2.24) is 19.9 Å². The number of pyridine rings is 1. The molecule has 3 heterocycles. The Morgan fingerprint density at radius 3 is 3.12 bits per heavy atom. The van der Waals surface area contributed by atoms with E-state index < -0.39 is 0 Å². The average molecular weight is 344 g/mol. The second-order valence-electron chi connectivity index (χ2n) is 5.80. The summed E-state index contributed by atoms with van der Waals surface area (Å²) in [4.78, 5) is 33.1. The molecular formula is C17H20N4O2S. The highest BCUT2D eigenvalue weighted by Crippen LogP contribution is 2.32. The summed E-state index contributed by atoms with van der Waals surface area (Å²) in [5.41, 5.74) is 1.73. The normalized spacial score (nSPS) is 16.0. The van der Waals surface area contributed by atoms with Gasteiger partial charge in [-0.1, -0.05) is 31.2 Å². The van der Waals surface area contributed by atoms with E-state index in [1.165, 1.54) is 0 Å².